The third-order valence-electron chi connectivity index (χ3n) is 2.42. The van der Waals surface area contributed by atoms with Crippen LogP contribution in [0, 0.1) is 0 Å². The zero-order valence-corrected chi connectivity index (χ0v) is 9.55. The van der Waals surface area contributed by atoms with Gasteiger partial charge in [0.25, 0.3) is 0 Å². The zero-order chi connectivity index (χ0) is 11.5. The first-order chi connectivity index (χ1) is 7.65. The molecule has 1 aliphatic heterocycles. The van der Waals surface area contributed by atoms with Crippen LogP contribution in [0.15, 0.2) is 0 Å². The van der Waals surface area contributed by atoms with Gasteiger partial charge in [-0.25, -0.2) is 4.68 Å². The SMILES string of the molecule is CC(C)NC(=O)CN1CCn2nnnc2C1. The molecule has 0 bridgehead atoms. The van der Waals surface area contributed by atoms with Crippen molar-refractivity contribution in [2.75, 3.05) is 13.1 Å². The predicted molar refractivity (Wildman–Crippen MR) is 56.4 cm³/mol. The summed E-state index contributed by atoms with van der Waals surface area (Å²) in [4.78, 5) is 13.6. The molecule has 0 saturated carbocycles. The number of carbonyl (C=O) groups excluding carboxylic acids is 1. The summed E-state index contributed by atoms with van der Waals surface area (Å²) in [5.41, 5.74) is 0. The molecule has 0 radical (unpaired) electrons. The lowest BCUT2D eigenvalue weighted by atomic mass is 10.3. The second kappa shape index (κ2) is 4.56. The first-order valence-corrected chi connectivity index (χ1v) is 5.42. The molecule has 1 N–H and O–H groups in total. The minimum absolute atomic E-state index is 0.0518. The number of rotatable bonds is 3. The maximum atomic E-state index is 11.6. The van der Waals surface area contributed by atoms with Crippen molar-refractivity contribution in [2.24, 2.45) is 0 Å². The van der Waals surface area contributed by atoms with Crippen molar-refractivity contribution in [1.82, 2.24) is 30.4 Å². The van der Waals surface area contributed by atoms with Gasteiger partial charge < -0.3 is 5.32 Å². The van der Waals surface area contributed by atoms with Crippen molar-refractivity contribution in [3.63, 3.8) is 0 Å². The van der Waals surface area contributed by atoms with Crippen LogP contribution in [0.1, 0.15) is 19.7 Å². The van der Waals surface area contributed by atoms with E-state index in [-0.39, 0.29) is 11.9 Å². The van der Waals surface area contributed by atoms with Gasteiger partial charge in [0.05, 0.1) is 19.6 Å². The molecule has 0 fully saturated rings. The summed E-state index contributed by atoms with van der Waals surface area (Å²) in [7, 11) is 0. The van der Waals surface area contributed by atoms with Crippen LogP contribution in [0.3, 0.4) is 0 Å². The van der Waals surface area contributed by atoms with Crippen LogP contribution < -0.4 is 5.32 Å². The van der Waals surface area contributed by atoms with Crippen LogP contribution in [0.4, 0.5) is 0 Å². The maximum absolute atomic E-state index is 11.6. The molecule has 2 heterocycles. The minimum atomic E-state index is 0.0518. The Hall–Kier alpha value is -1.50. The maximum Gasteiger partial charge on any atom is 0.234 e. The summed E-state index contributed by atoms with van der Waals surface area (Å²) in [5.74, 6) is 0.875. The lowest BCUT2D eigenvalue weighted by Crippen LogP contribution is -2.43. The topological polar surface area (TPSA) is 75.9 Å². The Morgan fingerprint density at radius 3 is 3.06 bits per heavy atom. The Morgan fingerprint density at radius 2 is 2.31 bits per heavy atom. The van der Waals surface area contributed by atoms with Crippen LogP contribution in [-0.4, -0.2) is 50.1 Å². The van der Waals surface area contributed by atoms with Crippen molar-refractivity contribution in [3.8, 4) is 0 Å². The Kier molecular flexibility index (Phi) is 3.14. The molecule has 1 aliphatic rings. The standard InChI is InChI=1S/C9H16N6O/c1-7(2)10-9(16)6-14-3-4-15-8(5-14)11-12-13-15/h7H,3-6H2,1-2H3,(H,10,16). The molecule has 0 atom stereocenters. The number of tetrazole rings is 1. The summed E-state index contributed by atoms with van der Waals surface area (Å²) < 4.78 is 1.77. The number of carbonyl (C=O) groups is 1. The molecular weight excluding hydrogens is 208 g/mol. The Bertz CT molecular complexity index is 374. The second-order valence-electron chi connectivity index (χ2n) is 4.25. The normalized spacial score (nSPS) is 16.2. The molecule has 1 amide bonds. The van der Waals surface area contributed by atoms with Gasteiger partial charge in [0.2, 0.25) is 5.91 Å². The number of aromatic nitrogens is 4. The van der Waals surface area contributed by atoms with E-state index >= 15 is 0 Å². The van der Waals surface area contributed by atoms with Crippen molar-refractivity contribution >= 4 is 5.91 Å². The van der Waals surface area contributed by atoms with Gasteiger partial charge in [0, 0.05) is 12.6 Å². The molecular formula is C9H16N6O. The number of amides is 1. The van der Waals surface area contributed by atoms with Crippen LogP contribution in [-0.2, 0) is 17.9 Å². The molecule has 7 heteroatoms. The third-order valence-corrected chi connectivity index (χ3v) is 2.42. The monoisotopic (exact) mass is 224 g/mol. The molecule has 7 nitrogen and oxygen atoms in total. The fourth-order valence-electron chi connectivity index (χ4n) is 1.73. The van der Waals surface area contributed by atoms with Gasteiger partial charge in [-0.1, -0.05) is 0 Å². The molecule has 0 aliphatic carbocycles. The molecule has 1 aromatic heterocycles. The van der Waals surface area contributed by atoms with Crippen LogP contribution in [0.2, 0.25) is 0 Å². The number of nitrogens with zero attached hydrogens (tertiary/aromatic N) is 5. The summed E-state index contributed by atoms with van der Waals surface area (Å²) in [6.07, 6.45) is 0. The Balaban J connectivity index is 1.87. The zero-order valence-electron chi connectivity index (χ0n) is 9.55. The fraction of sp³-hybridized carbons (Fsp3) is 0.778. The van der Waals surface area contributed by atoms with Crippen LogP contribution in [0.25, 0.3) is 0 Å². The lowest BCUT2D eigenvalue weighted by Gasteiger charge is -2.25. The molecule has 0 spiro atoms. The van der Waals surface area contributed by atoms with Gasteiger partial charge in [-0.2, -0.15) is 0 Å². The highest BCUT2D eigenvalue weighted by Gasteiger charge is 2.20. The average Bonchev–Trinajstić information content (AvgIpc) is 2.63. The number of hydrogen-bond donors (Lipinski definition) is 1. The van der Waals surface area contributed by atoms with E-state index in [4.69, 9.17) is 0 Å². The highest BCUT2D eigenvalue weighted by molar-refractivity contribution is 5.78. The number of fused-ring (bicyclic) bond motifs is 1. The highest BCUT2D eigenvalue weighted by atomic mass is 16.2. The van der Waals surface area contributed by atoms with E-state index in [0.717, 1.165) is 18.9 Å². The van der Waals surface area contributed by atoms with Gasteiger partial charge >= 0.3 is 0 Å². The molecule has 0 saturated heterocycles. The fourth-order valence-corrected chi connectivity index (χ4v) is 1.73. The van der Waals surface area contributed by atoms with E-state index in [2.05, 4.69) is 20.8 Å². The molecule has 16 heavy (non-hydrogen) atoms. The molecule has 1 aromatic rings. The van der Waals surface area contributed by atoms with Crippen molar-refractivity contribution in [3.05, 3.63) is 5.82 Å². The first kappa shape index (κ1) is 11.0. The number of hydrogen-bond acceptors (Lipinski definition) is 5. The average molecular weight is 224 g/mol. The summed E-state index contributed by atoms with van der Waals surface area (Å²) >= 11 is 0. The lowest BCUT2D eigenvalue weighted by molar-refractivity contribution is -0.123. The smallest absolute Gasteiger partial charge is 0.234 e. The van der Waals surface area contributed by atoms with E-state index in [1.54, 1.807) is 4.68 Å². The van der Waals surface area contributed by atoms with E-state index < -0.39 is 0 Å². The van der Waals surface area contributed by atoms with E-state index in [9.17, 15) is 4.79 Å². The van der Waals surface area contributed by atoms with Gasteiger partial charge in [0.1, 0.15) is 0 Å². The largest absolute Gasteiger partial charge is 0.353 e. The molecule has 88 valence electrons. The van der Waals surface area contributed by atoms with Gasteiger partial charge in [-0.05, 0) is 24.3 Å². The molecule has 0 aromatic carbocycles. The van der Waals surface area contributed by atoms with Crippen LogP contribution >= 0.6 is 0 Å². The quantitative estimate of drug-likeness (QED) is 0.713. The van der Waals surface area contributed by atoms with Crippen molar-refractivity contribution in [1.29, 1.82) is 0 Å². The molecule has 0 unspecified atom stereocenters. The summed E-state index contributed by atoms with van der Waals surface area (Å²) in [6, 6.07) is 0.183. The number of nitrogens with one attached hydrogen (secondary N) is 1. The van der Waals surface area contributed by atoms with Crippen LogP contribution in [0.5, 0.6) is 0 Å². The van der Waals surface area contributed by atoms with Crippen molar-refractivity contribution in [2.45, 2.75) is 33.0 Å². The summed E-state index contributed by atoms with van der Waals surface area (Å²) in [6.45, 7) is 6.51. The third kappa shape index (κ3) is 2.54. The Labute approximate surface area is 93.8 Å². The van der Waals surface area contributed by atoms with E-state index in [0.29, 0.717) is 13.1 Å². The van der Waals surface area contributed by atoms with E-state index in [1.807, 2.05) is 18.7 Å². The summed E-state index contributed by atoms with van der Waals surface area (Å²) in [5, 5.41) is 14.2. The highest BCUT2D eigenvalue weighted by Crippen LogP contribution is 2.06. The van der Waals surface area contributed by atoms with Gasteiger partial charge in [-0.15, -0.1) is 5.10 Å². The second-order valence-corrected chi connectivity index (χ2v) is 4.25. The predicted octanol–water partition coefficient (Wildman–Crippen LogP) is -0.987. The first-order valence-electron chi connectivity index (χ1n) is 5.42. The minimum Gasteiger partial charge on any atom is -0.353 e. The van der Waals surface area contributed by atoms with Gasteiger partial charge in [-0.3, -0.25) is 9.69 Å². The van der Waals surface area contributed by atoms with E-state index in [1.165, 1.54) is 0 Å². The Morgan fingerprint density at radius 1 is 1.50 bits per heavy atom. The van der Waals surface area contributed by atoms with Gasteiger partial charge in [0.15, 0.2) is 5.82 Å². The van der Waals surface area contributed by atoms with Crippen molar-refractivity contribution < 1.29 is 4.79 Å². The molecule has 2 rings (SSSR count).